The van der Waals surface area contributed by atoms with Gasteiger partial charge in [0.2, 0.25) is 11.8 Å². The molecule has 0 fully saturated rings. The number of carbonyl (C=O) groups excluding carboxylic acids is 2. The van der Waals surface area contributed by atoms with Gasteiger partial charge in [-0.25, -0.2) is 0 Å². The first-order valence-corrected chi connectivity index (χ1v) is 9.94. The summed E-state index contributed by atoms with van der Waals surface area (Å²) in [6, 6.07) is 12.0. The third kappa shape index (κ3) is 4.61. The molecule has 3 rings (SSSR count). The standard InChI is InChI=1S/C18H20N2O2S2/c21-17(19-10-9-14-5-3-11-23-14)12-24-16-8-7-13-4-1-2-6-15(13)20-18(16)22/h1-6,11,16H,7-10,12H2,(H,19,21)(H,20,22)/t16-/m0/s1. The van der Waals surface area contributed by atoms with Crippen LogP contribution in [0.15, 0.2) is 41.8 Å². The fourth-order valence-electron chi connectivity index (χ4n) is 2.66. The van der Waals surface area contributed by atoms with Crippen LogP contribution in [0.25, 0.3) is 0 Å². The zero-order chi connectivity index (χ0) is 16.8. The SMILES string of the molecule is O=C(CS[C@H]1CCc2ccccc2NC1=O)NCCc1cccs1. The Morgan fingerprint density at radius 3 is 3.00 bits per heavy atom. The van der Waals surface area contributed by atoms with E-state index in [0.29, 0.717) is 12.3 Å². The molecule has 0 saturated heterocycles. The summed E-state index contributed by atoms with van der Waals surface area (Å²) >= 11 is 3.12. The fraction of sp³-hybridized carbons (Fsp3) is 0.333. The van der Waals surface area contributed by atoms with Crippen molar-refractivity contribution in [3.63, 3.8) is 0 Å². The molecule has 2 N–H and O–H groups in total. The van der Waals surface area contributed by atoms with Gasteiger partial charge < -0.3 is 10.6 Å². The lowest BCUT2D eigenvalue weighted by molar-refractivity contribution is -0.118. The van der Waals surface area contributed by atoms with Gasteiger partial charge in [0.15, 0.2) is 0 Å². The van der Waals surface area contributed by atoms with E-state index in [2.05, 4.69) is 16.7 Å². The number of carbonyl (C=O) groups is 2. The van der Waals surface area contributed by atoms with E-state index in [1.54, 1.807) is 11.3 Å². The number of thiophene rings is 1. The number of hydrogen-bond acceptors (Lipinski definition) is 4. The van der Waals surface area contributed by atoms with Crippen molar-refractivity contribution in [2.45, 2.75) is 24.5 Å². The van der Waals surface area contributed by atoms with Crippen molar-refractivity contribution in [2.75, 3.05) is 17.6 Å². The number of hydrogen-bond donors (Lipinski definition) is 2. The minimum atomic E-state index is -0.180. The molecule has 0 aliphatic carbocycles. The van der Waals surface area contributed by atoms with Gasteiger partial charge in [-0.05, 0) is 42.3 Å². The molecule has 0 bridgehead atoms. The van der Waals surface area contributed by atoms with E-state index in [-0.39, 0.29) is 17.1 Å². The first-order valence-electron chi connectivity index (χ1n) is 8.02. The fourth-order valence-corrected chi connectivity index (χ4v) is 4.32. The van der Waals surface area contributed by atoms with E-state index < -0.39 is 0 Å². The number of thioether (sulfide) groups is 1. The zero-order valence-corrected chi connectivity index (χ0v) is 14.9. The monoisotopic (exact) mass is 360 g/mol. The molecule has 24 heavy (non-hydrogen) atoms. The maximum atomic E-state index is 12.3. The number of rotatable bonds is 6. The minimum absolute atomic E-state index is 0.00339. The number of fused-ring (bicyclic) bond motifs is 1. The third-order valence-corrected chi connectivity index (χ3v) is 6.15. The van der Waals surface area contributed by atoms with E-state index in [0.717, 1.165) is 30.5 Å². The second kappa shape index (κ2) is 8.35. The Balaban J connectivity index is 1.43. The van der Waals surface area contributed by atoms with Crippen LogP contribution in [0.4, 0.5) is 5.69 Å². The zero-order valence-electron chi connectivity index (χ0n) is 13.3. The molecular weight excluding hydrogens is 340 g/mol. The molecule has 126 valence electrons. The van der Waals surface area contributed by atoms with Crippen molar-refractivity contribution in [1.29, 1.82) is 0 Å². The minimum Gasteiger partial charge on any atom is -0.355 e. The summed E-state index contributed by atoms with van der Waals surface area (Å²) in [5, 5.41) is 7.75. The lowest BCUT2D eigenvalue weighted by atomic mass is 10.1. The predicted octanol–water partition coefficient (Wildman–Crippen LogP) is 3.09. The lowest BCUT2D eigenvalue weighted by Crippen LogP contribution is -2.30. The average molecular weight is 361 g/mol. The summed E-state index contributed by atoms with van der Waals surface area (Å²) in [6.45, 7) is 0.641. The number of benzene rings is 1. The third-order valence-electron chi connectivity index (χ3n) is 3.93. The molecule has 2 amide bonds. The van der Waals surface area contributed by atoms with Gasteiger partial charge in [0.05, 0.1) is 11.0 Å². The van der Waals surface area contributed by atoms with Crippen molar-refractivity contribution in [1.82, 2.24) is 5.32 Å². The van der Waals surface area contributed by atoms with Gasteiger partial charge >= 0.3 is 0 Å². The first kappa shape index (κ1) is 17.0. The topological polar surface area (TPSA) is 58.2 Å². The van der Waals surface area contributed by atoms with Crippen molar-refractivity contribution in [2.24, 2.45) is 0 Å². The van der Waals surface area contributed by atoms with Gasteiger partial charge in [-0.2, -0.15) is 0 Å². The van der Waals surface area contributed by atoms with Crippen LogP contribution in [-0.2, 0) is 22.4 Å². The molecule has 1 atom stereocenters. The Hall–Kier alpha value is -1.79. The Bertz CT molecular complexity index is 701. The number of amides is 2. The molecule has 0 radical (unpaired) electrons. The summed E-state index contributed by atoms with van der Waals surface area (Å²) < 4.78 is 0. The highest BCUT2D eigenvalue weighted by Crippen LogP contribution is 2.26. The number of para-hydroxylation sites is 1. The van der Waals surface area contributed by atoms with E-state index >= 15 is 0 Å². The van der Waals surface area contributed by atoms with Crippen LogP contribution in [0.3, 0.4) is 0 Å². The molecule has 4 nitrogen and oxygen atoms in total. The van der Waals surface area contributed by atoms with Crippen LogP contribution in [0, 0.1) is 0 Å². The van der Waals surface area contributed by atoms with Gasteiger partial charge in [-0.15, -0.1) is 23.1 Å². The molecule has 0 spiro atoms. The van der Waals surface area contributed by atoms with Crippen LogP contribution in [0.2, 0.25) is 0 Å². The Kier molecular flexibility index (Phi) is 5.93. The molecule has 1 aromatic carbocycles. The largest absolute Gasteiger partial charge is 0.355 e. The van der Waals surface area contributed by atoms with Crippen molar-refractivity contribution in [3.05, 3.63) is 52.2 Å². The maximum Gasteiger partial charge on any atom is 0.237 e. The van der Waals surface area contributed by atoms with E-state index in [1.807, 2.05) is 35.7 Å². The molecule has 2 aromatic rings. The van der Waals surface area contributed by atoms with Gasteiger partial charge in [0.1, 0.15) is 0 Å². The van der Waals surface area contributed by atoms with Crippen LogP contribution in [0.5, 0.6) is 0 Å². The summed E-state index contributed by atoms with van der Waals surface area (Å²) in [5.74, 6) is 0.307. The summed E-state index contributed by atoms with van der Waals surface area (Å²) in [4.78, 5) is 25.5. The van der Waals surface area contributed by atoms with Gasteiger partial charge in [0, 0.05) is 17.1 Å². The number of nitrogens with one attached hydrogen (secondary N) is 2. The van der Waals surface area contributed by atoms with Crippen LogP contribution in [-0.4, -0.2) is 29.4 Å². The van der Waals surface area contributed by atoms with E-state index in [4.69, 9.17) is 0 Å². The summed E-state index contributed by atoms with van der Waals surface area (Å²) in [6.07, 6.45) is 2.47. The van der Waals surface area contributed by atoms with Crippen LogP contribution < -0.4 is 10.6 Å². The van der Waals surface area contributed by atoms with Crippen LogP contribution in [0.1, 0.15) is 16.9 Å². The quantitative estimate of drug-likeness (QED) is 0.832. The number of anilines is 1. The van der Waals surface area contributed by atoms with E-state index in [9.17, 15) is 9.59 Å². The molecule has 1 aromatic heterocycles. The smallest absolute Gasteiger partial charge is 0.237 e. The molecule has 1 aliphatic heterocycles. The molecule has 0 saturated carbocycles. The van der Waals surface area contributed by atoms with E-state index in [1.165, 1.54) is 16.6 Å². The predicted molar refractivity (Wildman–Crippen MR) is 101 cm³/mol. The Morgan fingerprint density at radius 1 is 1.29 bits per heavy atom. The molecule has 0 unspecified atom stereocenters. The summed E-state index contributed by atoms with van der Waals surface area (Å²) in [5.41, 5.74) is 2.06. The van der Waals surface area contributed by atoms with Crippen molar-refractivity contribution in [3.8, 4) is 0 Å². The molecular formula is C18H20N2O2S2. The average Bonchev–Trinajstić information content (AvgIpc) is 3.03. The van der Waals surface area contributed by atoms with Gasteiger partial charge in [-0.3, -0.25) is 9.59 Å². The normalized spacial score (nSPS) is 16.8. The second-order valence-electron chi connectivity index (χ2n) is 5.66. The van der Waals surface area contributed by atoms with Crippen molar-refractivity contribution >= 4 is 40.6 Å². The maximum absolute atomic E-state index is 12.3. The van der Waals surface area contributed by atoms with Gasteiger partial charge in [0.25, 0.3) is 0 Å². The number of aryl methyl sites for hydroxylation is 1. The Labute approximate surface area is 150 Å². The second-order valence-corrected chi connectivity index (χ2v) is 7.89. The van der Waals surface area contributed by atoms with Crippen molar-refractivity contribution < 1.29 is 9.59 Å². The first-order chi connectivity index (χ1) is 11.7. The van der Waals surface area contributed by atoms with Gasteiger partial charge in [-0.1, -0.05) is 24.3 Å². The highest BCUT2D eigenvalue weighted by Gasteiger charge is 2.24. The lowest BCUT2D eigenvalue weighted by Gasteiger charge is -2.12. The molecule has 6 heteroatoms. The van der Waals surface area contributed by atoms with Crippen LogP contribution >= 0.6 is 23.1 Å². The summed E-state index contributed by atoms with van der Waals surface area (Å²) in [7, 11) is 0. The highest BCUT2D eigenvalue weighted by molar-refractivity contribution is 8.01. The Morgan fingerprint density at radius 2 is 2.17 bits per heavy atom. The molecule has 1 aliphatic rings. The highest BCUT2D eigenvalue weighted by atomic mass is 32.2. The molecule has 2 heterocycles.